The molecule has 1 aliphatic heterocycles. The van der Waals surface area contributed by atoms with E-state index in [1.54, 1.807) is 35.2 Å². The van der Waals surface area contributed by atoms with Crippen LogP contribution >= 0.6 is 38.9 Å². The molecule has 2 heterocycles. The molecule has 0 bridgehead atoms. The molecule has 0 saturated carbocycles. The fourth-order valence-electron chi connectivity index (χ4n) is 2.60. The maximum Gasteiger partial charge on any atom is 0.252 e. The molecule has 0 unspecified atom stereocenters. The number of halogens is 2. The standard InChI is InChI=1S/C17H16BrClN2O3S2/c18-15-5-7-17(25-15)26(23,24)21-10-8-20(9-11-21)16(22)6-4-13-2-1-3-14(19)12-13/h1-7,12H,8-11H2. The van der Waals surface area contributed by atoms with E-state index >= 15 is 0 Å². The smallest absolute Gasteiger partial charge is 0.252 e. The van der Waals surface area contributed by atoms with Gasteiger partial charge in [0.05, 0.1) is 3.79 Å². The lowest BCUT2D eigenvalue weighted by Gasteiger charge is -2.33. The highest BCUT2D eigenvalue weighted by atomic mass is 79.9. The lowest BCUT2D eigenvalue weighted by atomic mass is 10.2. The molecule has 1 aromatic carbocycles. The van der Waals surface area contributed by atoms with E-state index in [9.17, 15) is 13.2 Å². The molecular formula is C17H16BrClN2O3S2. The molecule has 1 aliphatic rings. The number of hydrogen-bond acceptors (Lipinski definition) is 4. The van der Waals surface area contributed by atoms with Crippen LogP contribution in [0.25, 0.3) is 6.08 Å². The lowest BCUT2D eigenvalue weighted by Crippen LogP contribution is -2.50. The molecule has 2 aromatic rings. The van der Waals surface area contributed by atoms with Crippen LogP contribution in [0.1, 0.15) is 5.56 Å². The Balaban J connectivity index is 1.60. The van der Waals surface area contributed by atoms with Gasteiger partial charge in [0.2, 0.25) is 5.91 Å². The first-order chi connectivity index (χ1) is 12.4. The van der Waals surface area contributed by atoms with Crippen molar-refractivity contribution in [3.05, 3.63) is 56.8 Å². The first-order valence-corrected chi connectivity index (χ1v) is 11.3. The fraction of sp³-hybridized carbons (Fsp3) is 0.235. The highest BCUT2D eigenvalue weighted by Gasteiger charge is 2.30. The van der Waals surface area contributed by atoms with Crippen LogP contribution in [0.5, 0.6) is 0 Å². The second-order valence-corrected chi connectivity index (χ2v) is 10.7. The van der Waals surface area contributed by atoms with E-state index in [0.717, 1.165) is 9.35 Å². The second kappa shape index (κ2) is 8.22. The Morgan fingerprint density at radius 3 is 2.50 bits per heavy atom. The number of hydrogen-bond donors (Lipinski definition) is 0. The molecule has 9 heteroatoms. The second-order valence-electron chi connectivity index (χ2n) is 5.68. The SMILES string of the molecule is O=C(C=Cc1cccc(Cl)c1)N1CCN(S(=O)(=O)c2ccc(Br)s2)CC1. The van der Waals surface area contributed by atoms with Crippen LogP contribution in [0.2, 0.25) is 5.02 Å². The molecule has 0 spiro atoms. The van der Waals surface area contributed by atoms with Gasteiger partial charge in [0.25, 0.3) is 10.0 Å². The highest BCUT2D eigenvalue weighted by molar-refractivity contribution is 9.11. The lowest BCUT2D eigenvalue weighted by molar-refractivity contribution is -0.127. The van der Waals surface area contributed by atoms with Gasteiger partial charge in [-0.1, -0.05) is 23.7 Å². The molecule has 1 aromatic heterocycles. The number of thiophene rings is 1. The van der Waals surface area contributed by atoms with Crippen molar-refractivity contribution in [2.24, 2.45) is 0 Å². The van der Waals surface area contributed by atoms with Crippen molar-refractivity contribution < 1.29 is 13.2 Å². The summed E-state index contributed by atoms with van der Waals surface area (Å²) in [4.78, 5) is 14.0. The zero-order valence-corrected chi connectivity index (χ0v) is 17.6. The first kappa shape index (κ1) is 19.6. The van der Waals surface area contributed by atoms with E-state index in [4.69, 9.17) is 11.6 Å². The zero-order valence-electron chi connectivity index (χ0n) is 13.6. The maximum atomic E-state index is 12.6. The average Bonchev–Trinajstić information content (AvgIpc) is 3.07. The summed E-state index contributed by atoms with van der Waals surface area (Å²) in [7, 11) is -3.50. The summed E-state index contributed by atoms with van der Waals surface area (Å²) < 4.78 is 27.7. The van der Waals surface area contributed by atoms with Crippen LogP contribution in [-0.4, -0.2) is 49.7 Å². The Morgan fingerprint density at radius 2 is 1.88 bits per heavy atom. The van der Waals surface area contributed by atoms with Crippen LogP contribution in [0.15, 0.2) is 50.5 Å². The number of piperazine rings is 1. The summed E-state index contributed by atoms with van der Waals surface area (Å²) >= 11 is 10.4. The van der Waals surface area contributed by atoms with Gasteiger partial charge in [-0.2, -0.15) is 4.31 Å². The predicted octanol–water partition coefficient (Wildman–Crippen LogP) is 3.71. The van der Waals surface area contributed by atoms with Crippen LogP contribution in [0.4, 0.5) is 0 Å². The minimum atomic E-state index is -3.50. The van der Waals surface area contributed by atoms with E-state index in [0.29, 0.717) is 22.3 Å². The molecule has 0 radical (unpaired) electrons. The molecule has 1 saturated heterocycles. The Labute approximate surface area is 170 Å². The molecule has 5 nitrogen and oxygen atoms in total. The van der Waals surface area contributed by atoms with E-state index in [1.165, 1.54) is 21.7 Å². The number of amides is 1. The molecule has 3 rings (SSSR count). The topological polar surface area (TPSA) is 57.7 Å². The fourth-order valence-corrected chi connectivity index (χ4v) is 6.38. The third-order valence-electron chi connectivity index (χ3n) is 3.96. The third-order valence-corrected chi connectivity index (χ3v) is 8.18. The normalized spacial score (nSPS) is 16.3. The number of sulfonamides is 1. The number of nitrogens with zero attached hydrogens (tertiary/aromatic N) is 2. The van der Waals surface area contributed by atoms with Gasteiger partial charge >= 0.3 is 0 Å². The van der Waals surface area contributed by atoms with Crippen molar-refractivity contribution in [3.63, 3.8) is 0 Å². The van der Waals surface area contributed by atoms with Crippen molar-refractivity contribution in [3.8, 4) is 0 Å². The minimum Gasteiger partial charge on any atom is -0.337 e. The minimum absolute atomic E-state index is 0.138. The highest BCUT2D eigenvalue weighted by Crippen LogP contribution is 2.29. The van der Waals surface area contributed by atoms with Crippen LogP contribution in [-0.2, 0) is 14.8 Å². The van der Waals surface area contributed by atoms with Crippen molar-refractivity contribution in [2.75, 3.05) is 26.2 Å². The Kier molecular flexibility index (Phi) is 6.19. The first-order valence-electron chi connectivity index (χ1n) is 7.84. The summed E-state index contributed by atoms with van der Waals surface area (Å²) in [6.07, 6.45) is 3.20. The molecule has 0 atom stereocenters. The van der Waals surface area contributed by atoms with Gasteiger partial charge in [0, 0.05) is 37.3 Å². The van der Waals surface area contributed by atoms with Gasteiger partial charge < -0.3 is 4.90 Å². The molecule has 1 amide bonds. The Hall–Kier alpha value is -1.19. The third kappa shape index (κ3) is 4.55. The van der Waals surface area contributed by atoms with Gasteiger partial charge in [-0.15, -0.1) is 11.3 Å². The summed E-state index contributed by atoms with van der Waals surface area (Å²) in [5.74, 6) is -0.138. The Bertz CT molecular complexity index is 935. The van der Waals surface area contributed by atoms with Crippen LogP contribution < -0.4 is 0 Å². The average molecular weight is 476 g/mol. The van der Waals surface area contributed by atoms with Gasteiger partial charge in [-0.3, -0.25) is 4.79 Å². The summed E-state index contributed by atoms with van der Waals surface area (Å²) in [5.41, 5.74) is 0.843. The number of carbonyl (C=O) groups is 1. The van der Waals surface area contributed by atoms with Crippen molar-refractivity contribution in [1.82, 2.24) is 9.21 Å². The molecule has 0 N–H and O–H groups in total. The largest absolute Gasteiger partial charge is 0.337 e. The molecule has 138 valence electrons. The zero-order chi connectivity index (χ0) is 18.7. The summed E-state index contributed by atoms with van der Waals surface area (Å²) in [6.45, 7) is 1.30. The van der Waals surface area contributed by atoms with Gasteiger partial charge in [-0.05, 0) is 51.8 Å². The summed E-state index contributed by atoms with van der Waals surface area (Å²) in [6, 6.07) is 10.5. The molecular weight excluding hydrogens is 460 g/mol. The van der Waals surface area contributed by atoms with E-state index in [2.05, 4.69) is 15.9 Å². The Morgan fingerprint density at radius 1 is 1.15 bits per heavy atom. The van der Waals surface area contributed by atoms with Gasteiger partial charge in [-0.25, -0.2) is 8.42 Å². The van der Waals surface area contributed by atoms with Crippen molar-refractivity contribution in [2.45, 2.75) is 4.21 Å². The van der Waals surface area contributed by atoms with E-state index < -0.39 is 10.0 Å². The van der Waals surface area contributed by atoms with Crippen molar-refractivity contribution in [1.29, 1.82) is 0 Å². The summed E-state index contributed by atoms with van der Waals surface area (Å²) in [5, 5.41) is 0.610. The molecule has 0 aliphatic carbocycles. The number of benzene rings is 1. The van der Waals surface area contributed by atoms with E-state index in [1.807, 2.05) is 12.1 Å². The maximum absolute atomic E-state index is 12.6. The van der Waals surface area contributed by atoms with Crippen molar-refractivity contribution >= 4 is 60.9 Å². The number of carbonyl (C=O) groups excluding carboxylic acids is 1. The predicted molar refractivity (Wildman–Crippen MR) is 108 cm³/mol. The van der Waals surface area contributed by atoms with E-state index in [-0.39, 0.29) is 19.0 Å². The number of rotatable bonds is 4. The van der Waals surface area contributed by atoms with Gasteiger partial charge in [0.1, 0.15) is 4.21 Å². The molecule has 26 heavy (non-hydrogen) atoms. The quantitative estimate of drug-likeness (QED) is 0.634. The van der Waals surface area contributed by atoms with Gasteiger partial charge in [0.15, 0.2) is 0 Å². The van der Waals surface area contributed by atoms with Crippen LogP contribution in [0, 0.1) is 0 Å². The molecule has 1 fully saturated rings. The van der Waals surface area contributed by atoms with Crippen LogP contribution in [0.3, 0.4) is 0 Å². The monoisotopic (exact) mass is 474 g/mol.